The van der Waals surface area contributed by atoms with Crippen LogP contribution in [-0.2, 0) is 0 Å². The molecule has 20 heavy (non-hydrogen) atoms. The molecule has 4 nitrogen and oxygen atoms in total. The molecular formula is C15H17NO3S. The van der Waals surface area contributed by atoms with E-state index >= 15 is 0 Å². The lowest BCUT2D eigenvalue weighted by molar-refractivity contribution is 0.0694. The Labute approximate surface area is 122 Å². The summed E-state index contributed by atoms with van der Waals surface area (Å²) in [7, 11) is 0. The van der Waals surface area contributed by atoms with Gasteiger partial charge in [-0.3, -0.25) is 0 Å². The lowest BCUT2D eigenvalue weighted by atomic mass is 10.1. The number of carboxylic acids is 1. The third-order valence-electron chi connectivity index (χ3n) is 3.02. The van der Waals surface area contributed by atoms with Gasteiger partial charge in [0.25, 0.3) is 0 Å². The number of aromatic carboxylic acids is 1. The van der Waals surface area contributed by atoms with E-state index in [9.17, 15) is 9.90 Å². The molecule has 0 fully saturated rings. The Kier molecular flexibility index (Phi) is 4.39. The highest BCUT2D eigenvalue weighted by Gasteiger charge is 2.18. The minimum absolute atomic E-state index is 0.0982. The normalized spacial score (nSPS) is 12.2. The fraction of sp³-hybridized carbons (Fsp3) is 0.267. The Hall–Kier alpha value is -1.88. The van der Waals surface area contributed by atoms with Gasteiger partial charge in [-0.2, -0.15) is 0 Å². The first kappa shape index (κ1) is 14.5. The molecule has 106 valence electrons. The van der Waals surface area contributed by atoms with Crippen LogP contribution in [0.3, 0.4) is 0 Å². The largest absolute Gasteiger partial charge is 0.478 e. The highest BCUT2D eigenvalue weighted by atomic mass is 32.2. The van der Waals surface area contributed by atoms with Crippen LogP contribution in [0, 0.1) is 6.92 Å². The second-order valence-electron chi connectivity index (χ2n) is 4.50. The number of hydrogen-bond donors (Lipinski definition) is 2. The molecule has 2 rings (SSSR count). The Morgan fingerprint density at radius 1 is 1.35 bits per heavy atom. The summed E-state index contributed by atoms with van der Waals surface area (Å²) in [5.74, 6) is 0.693. The lowest BCUT2D eigenvalue weighted by Crippen LogP contribution is -2.11. The third kappa shape index (κ3) is 2.99. The van der Waals surface area contributed by atoms with Crippen LogP contribution in [0.5, 0.6) is 0 Å². The molecule has 0 aliphatic rings. The van der Waals surface area contributed by atoms with E-state index in [1.54, 1.807) is 12.1 Å². The fourth-order valence-corrected chi connectivity index (χ4v) is 2.65. The first-order valence-electron chi connectivity index (χ1n) is 6.26. The molecule has 2 aromatic rings. The van der Waals surface area contributed by atoms with Gasteiger partial charge in [0.05, 0.1) is 17.3 Å². The number of nitrogens with one attached hydrogen (secondary N) is 1. The average Bonchev–Trinajstić information content (AvgIpc) is 2.84. The Morgan fingerprint density at radius 3 is 2.65 bits per heavy atom. The van der Waals surface area contributed by atoms with Crippen molar-refractivity contribution in [3.63, 3.8) is 0 Å². The number of hydrogen-bond acceptors (Lipinski definition) is 4. The van der Waals surface area contributed by atoms with Crippen molar-refractivity contribution in [2.45, 2.75) is 24.8 Å². The molecule has 2 N–H and O–H groups in total. The molecular weight excluding hydrogens is 274 g/mol. The van der Waals surface area contributed by atoms with Crippen molar-refractivity contribution >= 4 is 23.4 Å². The van der Waals surface area contributed by atoms with Crippen LogP contribution in [-0.4, -0.2) is 17.3 Å². The van der Waals surface area contributed by atoms with Gasteiger partial charge in [0.15, 0.2) is 0 Å². The van der Waals surface area contributed by atoms with E-state index in [0.717, 1.165) is 16.4 Å². The van der Waals surface area contributed by atoms with Crippen molar-refractivity contribution in [1.29, 1.82) is 0 Å². The molecule has 0 bridgehead atoms. The number of carboxylic acid groups (broad SMARTS) is 1. The molecule has 0 aliphatic heterocycles. The van der Waals surface area contributed by atoms with E-state index in [0.29, 0.717) is 11.3 Å². The zero-order valence-corrected chi connectivity index (χ0v) is 12.5. The van der Waals surface area contributed by atoms with Crippen LogP contribution in [0.15, 0.2) is 39.6 Å². The summed E-state index contributed by atoms with van der Waals surface area (Å²) in [5.41, 5.74) is 0.904. The van der Waals surface area contributed by atoms with Crippen LogP contribution >= 0.6 is 11.8 Å². The summed E-state index contributed by atoms with van der Waals surface area (Å²) in [5, 5.41) is 12.6. The van der Waals surface area contributed by atoms with Gasteiger partial charge >= 0.3 is 5.97 Å². The molecule has 0 saturated heterocycles. The summed E-state index contributed by atoms with van der Waals surface area (Å²) in [6.07, 6.45) is 1.87. The zero-order valence-electron chi connectivity index (χ0n) is 11.6. The van der Waals surface area contributed by atoms with Crippen LogP contribution in [0.25, 0.3) is 0 Å². The van der Waals surface area contributed by atoms with Gasteiger partial charge in [-0.15, -0.1) is 11.8 Å². The van der Waals surface area contributed by atoms with Crippen LogP contribution in [0.4, 0.5) is 5.69 Å². The number of thioether (sulfide) groups is 1. The van der Waals surface area contributed by atoms with Crippen LogP contribution in [0.1, 0.15) is 34.8 Å². The predicted molar refractivity (Wildman–Crippen MR) is 80.7 cm³/mol. The van der Waals surface area contributed by atoms with Crippen LogP contribution < -0.4 is 5.32 Å². The topological polar surface area (TPSA) is 62.5 Å². The number of rotatable bonds is 5. The second-order valence-corrected chi connectivity index (χ2v) is 5.35. The van der Waals surface area contributed by atoms with Crippen molar-refractivity contribution in [2.24, 2.45) is 0 Å². The average molecular weight is 291 g/mol. The molecule has 0 amide bonds. The van der Waals surface area contributed by atoms with Gasteiger partial charge in [0.1, 0.15) is 11.5 Å². The SMILES string of the molecule is CSc1cccc(NC(C)c2ccc(C)o2)c1C(=O)O. The number of aryl methyl sites for hydroxylation is 1. The first-order chi connectivity index (χ1) is 9.52. The minimum atomic E-state index is -0.930. The molecule has 1 unspecified atom stereocenters. The highest BCUT2D eigenvalue weighted by Crippen LogP contribution is 2.30. The van der Waals surface area contributed by atoms with Crippen molar-refractivity contribution in [3.05, 3.63) is 47.4 Å². The minimum Gasteiger partial charge on any atom is -0.478 e. The Balaban J connectivity index is 2.31. The van der Waals surface area contributed by atoms with E-state index in [4.69, 9.17) is 4.42 Å². The summed E-state index contributed by atoms with van der Waals surface area (Å²) in [4.78, 5) is 12.2. The molecule has 0 radical (unpaired) electrons. The van der Waals surface area contributed by atoms with E-state index in [-0.39, 0.29) is 6.04 Å². The van der Waals surface area contributed by atoms with Gasteiger partial charge < -0.3 is 14.8 Å². The Bertz CT molecular complexity index is 621. The molecule has 5 heteroatoms. The predicted octanol–water partition coefficient (Wildman–Crippen LogP) is 4.18. The van der Waals surface area contributed by atoms with Crippen molar-refractivity contribution in [2.75, 3.05) is 11.6 Å². The van der Waals surface area contributed by atoms with Crippen molar-refractivity contribution < 1.29 is 14.3 Å². The summed E-state index contributed by atoms with van der Waals surface area (Å²) in [6.45, 7) is 3.82. The number of carbonyl (C=O) groups is 1. The maximum absolute atomic E-state index is 11.4. The van der Waals surface area contributed by atoms with E-state index in [1.807, 2.05) is 38.3 Å². The summed E-state index contributed by atoms with van der Waals surface area (Å²) in [6, 6.07) is 9.12. The number of anilines is 1. The smallest absolute Gasteiger partial charge is 0.338 e. The molecule has 0 saturated carbocycles. The van der Waals surface area contributed by atoms with E-state index in [1.165, 1.54) is 11.8 Å². The maximum atomic E-state index is 11.4. The van der Waals surface area contributed by atoms with Crippen molar-refractivity contribution in [3.8, 4) is 0 Å². The highest BCUT2D eigenvalue weighted by molar-refractivity contribution is 7.98. The third-order valence-corrected chi connectivity index (χ3v) is 3.80. The van der Waals surface area contributed by atoms with Gasteiger partial charge in [-0.25, -0.2) is 4.79 Å². The van der Waals surface area contributed by atoms with Gasteiger partial charge in [0, 0.05) is 4.90 Å². The monoisotopic (exact) mass is 291 g/mol. The molecule has 0 aliphatic carbocycles. The van der Waals surface area contributed by atoms with Gasteiger partial charge in [-0.05, 0) is 44.4 Å². The standard InChI is InChI=1S/C15H17NO3S/c1-9-7-8-12(19-9)10(2)16-11-5-4-6-13(20-3)14(11)15(17)18/h4-8,10,16H,1-3H3,(H,17,18). The number of benzene rings is 1. The molecule has 1 heterocycles. The fourth-order valence-electron chi connectivity index (χ4n) is 2.03. The molecule has 1 aromatic carbocycles. The first-order valence-corrected chi connectivity index (χ1v) is 7.48. The summed E-state index contributed by atoms with van der Waals surface area (Å²) < 4.78 is 5.56. The van der Waals surface area contributed by atoms with Gasteiger partial charge in [-0.1, -0.05) is 6.07 Å². The van der Waals surface area contributed by atoms with Crippen LogP contribution in [0.2, 0.25) is 0 Å². The number of furan rings is 1. The second kappa shape index (κ2) is 6.05. The zero-order chi connectivity index (χ0) is 14.7. The molecule has 0 spiro atoms. The summed E-state index contributed by atoms with van der Waals surface area (Å²) >= 11 is 1.42. The quantitative estimate of drug-likeness (QED) is 0.809. The molecule has 1 atom stereocenters. The Morgan fingerprint density at radius 2 is 2.10 bits per heavy atom. The maximum Gasteiger partial charge on any atom is 0.338 e. The van der Waals surface area contributed by atoms with Gasteiger partial charge in [0.2, 0.25) is 0 Å². The van der Waals surface area contributed by atoms with Crippen molar-refractivity contribution in [1.82, 2.24) is 0 Å². The lowest BCUT2D eigenvalue weighted by Gasteiger charge is -2.16. The van der Waals surface area contributed by atoms with E-state index in [2.05, 4.69) is 5.32 Å². The molecule has 1 aromatic heterocycles. The van der Waals surface area contributed by atoms with E-state index < -0.39 is 5.97 Å².